The summed E-state index contributed by atoms with van der Waals surface area (Å²) in [5.41, 5.74) is 0.894. The highest BCUT2D eigenvalue weighted by Crippen LogP contribution is 2.40. The molecule has 2 bridgehead atoms. The van der Waals surface area contributed by atoms with Crippen molar-refractivity contribution in [1.82, 2.24) is 15.0 Å². The number of nitrogens with zero attached hydrogens (tertiary/aromatic N) is 3. The van der Waals surface area contributed by atoms with Gasteiger partial charge in [-0.2, -0.15) is 0 Å². The molecule has 5 heteroatoms. The first-order chi connectivity index (χ1) is 8.83. The van der Waals surface area contributed by atoms with Gasteiger partial charge in [0.1, 0.15) is 17.8 Å². The number of aromatic nitrogens is 3. The van der Waals surface area contributed by atoms with Gasteiger partial charge < -0.3 is 15.0 Å². The molecule has 2 N–H and O–H groups in total. The van der Waals surface area contributed by atoms with Crippen LogP contribution in [0.5, 0.6) is 0 Å². The van der Waals surface area contributed by atoms with E-state index in [0.29, 0.717) is 12.1 Å². The summed E-state index contributed by atoms with van der Waals surface area (Å²) in [6.07, 6.45) is 7.46. The van der Waals surface area contributed by atoms with Crippen LogP contribution >= 0.6 is 0 Å². The second-order valence-electron chi connectivity index (χ2n) is 5.35. The quantitative estimate of drug-likeness (QED) is 0.797. The van der Waals surface area contributed by atoms with Gasteiger partial charge in [0.15, 0.2) is 0 Å². The van der Waals surface area contributed by atoms with Crippen molar-refractivity contribution in [2.75, 3.05) is 4.90 Å². The molecule has 2 aliphatic rings. The summed E-state index contributed by atoms with van der Waals surface area (Å²) in [5, 5.41) is 11.0. The van der Waals surface area contributed by atoms with Crippen LogP contribution < -0.4 is 4.90 Å². The number of aliphatic hydroxyl groups is 1. The zero-order chi connectivity index (χ0) is 12.1. The van der Waals surface area contributed by atoms with E-state index in [1.165, 1.54) is 0 Å². The lowest BCUT2D eigenvalue weighted by atomic mass is 10.00. The smallest absolute Gasteiger partial charge is 0.142 e. The third kappa shape index (κ3) is 1.37. The fourth-order valence-electron chi connectivity index (χ4n) is 3.56. The highest BCUT2D eigenvalue weighted by Gasteiger charge is 2.41. The molecule has 18 heavy (non-hydrogen) atoms. The number of aromatic amines is 1. The fraction of sp³-hybridized carbons (Fsp3) is 0.538. The predicted molar refractivity (Wildman–Crippen MR) is 68.4 cm³/mol. The molecule has 4 rings (SSSR count). The van der Waals surface area contributed by atoms with E-state index < -0.39 is 0 Å². The molecule has 2 aromatic rings. The first-order valence-electron chi connectivity index (χ1n) is 6.57. The summed E-state index contributed by atoms with van der Waals surface area (Å²) in [5.74, 6) is 1.03. The molecule has 0 spiro atoms. The third-order valence-electron chi connectivity index (χ3n) is 4.29. The van der Waals surface area contributed by atoms with E-state index in [0.717, 1.165) is 42.5 Å². The van der Waals surface area contributed by atoms with Crippen molar-refractivity contribution in [2.24, 2.45) is 0 Å². The second kappa shape index (κ2) is 3.68. The molecule has 2 saturated heterocycles. The number of hydrogen-bond donors (Lipinski definition) is 2. The molecule has 3 atom stereocenters. The van der Waals surface area contributed by atoms with E-state index in [-0.39, 0.29) is 6.10 Å². The van der Waals surface area contributed by atoms with Gasteiger partial charge in [-0.3, -0.25) is 0 Å². The molecule has 2 aromatic heterocycles. The number of H-pyrrole nitrogens is 1. The number of anilines is 1. The molecule has 0 saturated carbocycles. The van der Waals surface area contributed by atoms with Crippen molar-refractivity contribution in [3.8, 4) is 0 Å². The Labute approximate surface area is 105 Å². The topological polar surface area (TPSA) is 65.0 Å². The van der Waals surface area contributed by atoms with Gasteiger partial charge in [0.2, 0.25) is 0 Å². The molecule has 94 valence electrons. The summed E-state index contributed by atoms with van der Waals surface area (Å²) < 4.78 is 0. The van der Waals surface area contributed by atoms with E-state index in [1.54, 1.807) is 6.33 Å². The van der Waals surface area contributed by atoms with Crippen molar-refractivity contribution in [1.29, 1.82) is 0 Å². The van der Waals surface area contributed by atoms with Crippen LogP contribution in [0.2, 0.25) is 0 Å². The van der Waals surface area contributed by atoms with Crippen molar-refractivity contribution in [3.63, 3.8) is 0 Å². The van der Waals surface area contributed by atoms with Crippen LogP contribution in [0.25, 0.3) is 11.0 Å². The second-order valence-corrected chi connectivity index (χ2v) is 5.35. The number of piperidine rings is 1. The monoisotopic (exact) mass is 244 g/mol. The Bertz CT molecular complexity index is 567. The molecule has 5 nitrogen and oxygen atoms in total. The number of fused-ring (bicyclic) bond motifs is 3. The van der Waals surface area contributed by atoms with E-state index in [1.807, 2.05) is 12.3 Å². The molecular weight excluding hydrogens is 228 g/mol. The summed E-state index contributed by atoms with van der Waals surface area (Å²) in [6, 6.07) is 2.91. The van der Waals surface area contributed by atoms with Crippen molar-refractivity contribution < 1.29 is 5.11 Å². The molecule has 0 aliphatic carbocycles. The lowest BCUT2D eigenvalue weighted by Crippen LogP contribution is -2.45. The van der Waals surface area contributed by atoms with Gasteiger partial charge >= 0.3 is 0 Å². The standard InChI is InChI=1S/C13H16N4O/c18-10-5-8-1-2-9(6-10)17(8)13-11-3-4-14-12(11)15-7-16-13/h3-4,7-10,18H,1-2,5-6H2,(H,14,15,16)/t8-,9+,10?. The summed E-state index contributed by atoms with van der Waals surface area (Å²) in [7, 11) is 0. The Hall–Kier alpha value is -1.62. The van der Waals surface area contributed by atoms with Crippen LogP contribution in [0.15, 0.2) is 18.6 Å². The third-order valence-corrected chi connectivity index (χ3v) is 4.29. The maximum Gasteiger partial charge on any atom is 0.142 e. The molecule has 2 fully saturated rings. The molecule has 0 radical (unpaired) electrons. The van der Waals surface area contributed by atoms with Gasteiger partial charge in [0.25, 0.3) is 0 Å². The minimum Gasteiger partial charge on any atom is -0.393 e. The number of nitrogens with one attached hydrogen (secondary N) is 1. The van der Waals surface area contributed by atoms with Gasteiger partial charge in [-0.05, 0) is 31.7 Å². The normalized spacial score (nSPS) is 31.2. The molecule has 4 heterocycles. The van der Waals surface area contributed by atoms with E-state index in [4.69, 9.17) is 0 Å². The zero-order valence-corrected chi connectivity index (χ0v) is 10.1. The average Bonchev–Trinajstić information content (AvgIpc) is 2.92. The lowest BCUT2D eigenvalue weighted by Gasteiger charge is -2.38. The molecule has 0 amide bonds. The molecular formula is C13H16N4O. The van der Waals surface area contributed by atoms with Crippen molar-refractivity contribution in [3.05, 3.63) is 18.6 Å². The van der Waals surface area contributed by atoms with Crippen LogP contribution in [0.3, 0.4) is 0 Å². The maximum atomic E-state index is 9.86. The highest BCUT2D eigenvalue weighted by molar-refractivity contribution is 5.87. The fourth-order valence-corrected chi connectivity index (χ4v) is 3.56. The predicted octanol–water partition coefficient (Wildman–Crippen LogP) is 1.45. The number of hydrogen-bond acceptors (Lipinski definition) is 4. The van der Waals surface area contributed by atoms with Crippen LogP contribution in [0, 0.1) is 0 Å². The number of aliphatic hydroxyl groups excluding tert-OH is 1. The summed E-state index contributed by atoms with van der Waals surface area (Å²) in [6.45, 7) is 0. The van der Waals surface area contributed by atoms with Crippen LogP contribution in [0.1, 0.15) is 25.7 Å². The maximum absolute atomic E-state index is 9.86. The Kier molecular flexibility index (Phi) is 2.11. The van der Waals surface area contributed by atoms with Gasteiger partial charge in [-0.1, -0.05) is 0 Å². The van der Waals surface area contributed by atoms with Crippen molar-refractivity contribution >= 4 is 16.9 Å². The van der Waals surface area contributed by atoms with Gasteiger partial charge in [-0.15, -0.1) is 0 Å². The minimum absolute atomic E-state index is 0.137. The van der Waals surface area contributed by atoms with Crippen LogP contribution in [0.4, 0.5) is 5.82 Å². The van der Waals surface area contributed by atoms with Crippen LogP contribution in [-0.4, -0.2) is 38.2 Å². The Morgan fingerprint density at radius 3 is 2.78 bits per heavy atom. The largest absolute Gasteiger partial charge is 0.393 e. The van der Waals surface area contributed by atoms with E-state index in [9.17, 15) is 5.11 Å². The average molecular weight is 244 g/mol. The highest BCUT2D eigenvalue weighted by atomic mass is 16.3. The molecule has 0 aromatic carbocycles. The van der Waals surface area contributed by atoms with Gasteiger partial charge in [0, 0.05) is 18.3 Å². The zero-order valence-electron chi connectivity index (χ0n) is 10.1. The first-order valence-corrected chi connectivity index (χ1v) is 6.57. The molecule has 1 unspecified atom stereocenters. The van der Waals surface area contributed by atoms with E-state index in [2.05, 4.69) is 19.9 Å². The van der Waals surface area contributed by atoms with Crippen molar-refractivity contribution in [2.45, 2.75) is 43.9 Å². The Morgan fingerprint density at radius 1 is 1.22 bits per heavy atom. The van der Waals surface area contributed by atoms with E-state index >= 15 is 0 Å². The first kappa shape index (κ1) is 10.3. The lowest BCUT2D eigenvalue weighted by molar-refractivity contribution is 0.126. The minimum atomic E-state index is -0.137. The van der Waals surface area contributed by atoms with Crippen LogP contribution in [-0.2, 0) is 0 Å². The van der Waals surface area contributed by atoms with Gasteiger partial charge in [0.05, 0.1) is 11.5 Å². The SMILES string of the molecule is OC1C[C@H]2CC[C@@H](C1)N2c1ncnc2[nH]ccc12. The molecule has 2 aliphatic heterocycles. The Balaban J connectivity index is 1.81. The summed E-state index contributed by atoms with van der Waals surface area (Å²) in [4.78, 5) is 14.3. The van der Waals surface area contributed by atoms with Gasteiger partial charge in [-0.25, -0.2) is 9.97 Å². The Morgan fingerprint density at radius 2 is 2.00 bits per heavy atom. The number of rotatable bonds is 1. The summed E-state index contributed by atoms with van der Waals surface area (Å²) >= 11 is 0.